The molecular weight excluding hydrogens is 248 g/mol. The molecule has 0 saturated carbocycles. The number of hydrogen-bond donors (Lipinski definition) is 3. The number of rotatable bonds is 4. The molecule has 98 valence electrons. The van der Waals surface area contributed by atoms with Gasteiger partial charge in [0, 0.05) is 12.3 Å². The van der Waals surface area contributed by atoms with Gasteiger partial charge in [0.2, 0.25) is 5.95 Å². The number of fused-ring (bicyclic) bond motifs is 1. The summed E-state index contributed by atoms with van der Waals surface area (Å²) in [6.07, 6.45) is 6.92. The van der Waals surface area contributed by atoms with Crippen LogP contribution in [0.2, 0.25) is 0 Å². The van der Waals surface area contributed by atoms with Gasteiger partial charge in [0.15, 0.2) is 5.65 Å². The molecule has 0 bridgehead atoms. The van der Waals surface area contributed by atoms with Crippen molar-refractivity contribution in [3.63, 3.8) is 0 Å². The summed E-state index contributed by atoms with van der Waals surface area (Å²) >= 11 is 0. The molecule has 8 heteroatoms. The van der Waals surface area contributed by atoms with Crippen molar-refractivity contribution < 1.29 is 4.84 Å². The van der Waals surface area contributed by atoms with Crippen LogP contribution < -0.4 is 17.2 Å². The number of nitrogens with one attached hydrogen (secondary N) is 1. The number of aromatic amines is 1. The molecule has 0 aliphatic heterocycles. The smallest absolute Gasteiger partial charge is 0.270 e. The standard InChI is InChI=1S/C11H12N6O2/c1-2-3-6(5-19-13)8-10(18)15-7-4-14-11(12)17-9(7)16-8/h1,4,6H,3,5,13H2,(H,15,18)(H2,12,14,16,17). The van der Waals surface area contributed by atoms with Crippen LogP contribution in [-0.4, -0.2) is 26.5 Å². The Morgan fingerprint density at radius 3 is 3.00 bits per heavy atom. The van der Waals surface area contributed by atoms with Gasteiger partial charge in [-0.15, -0.1) is 12.3 Å². The number of terminal acetylenes is 1. The van der Waals surface area contributed by atoms with E-state index in [2.05, 4.69) is 30.7 Å². The van der Waals surface area contributed by atoms with Crippen LogP contribution in [0, 0.1) is 12.3 Å². The first kappa shape index (κ1) is 12.9. The molecule has 2 rings (SSSR count). The second-order valence-corrected chi connectivity index (χ2v) is 3.86. The van der Waals surface area contributed by atoms with Crippen LogP contribution in [0.1, 0.15) is 18.0 Å². The van der Waals surface area contributed by atoms with E-state index in [0.29, 0.717) is 11.2 Å². The lowest BCUT2D eigenvalue weighted by Crippen LogP contribution is -2.23. The second-order valence-electron chi connectivity index (χ2n) is 3.86. The molecule has 0 radical (unpaired) electrons. The molecule has 0 aromatic carbocycles. The second kappa shape index (κ2) is 5.43. The monoisotopic (exact) mass is 260 g/mol. The molecule has 1 atom stereocenters. The Morgan fingerprint density at radius 1 is 1.53 bits per heavy atom. The van der Waals surface area contributed by atoms with Crippen molar-refractivity contribution in [1.82, 2.24) is 19.9 Å². The summed E-state index contributed by atoms with van der Waals surface area (Å²) in [7, 11) is 0. The highest BCUT2D eigenvalue weighted by molar-refractivity contribution is 5.69. The maximum Gasteiger partial charge on any atom is 0.270 e. The third-order valence-corrected chi connectivity index (χ3v) is 2.54. The van der Waals surface area contributed by atoms with Crippen LogP contribution in [-0.2, 0) is 4.84 Å². The van der Waals surface area contributed by atoms with Gasteiger partial charge in [0.05, 0.1) is 12.8 Å². The highest BCUT2D eigenvalue weighted by Gasteiger charge is 2.18. The number of nitrogens with two attached hydrogens (primary N) is 2. The zero-order valence-electron chi connectivity index (χ0n) is 9.96. The summed E-state index contributed by atoms with van der Waals surface area (Å²) < 4.78 is 0. The van der Waals surface area contributed by atoms with Gasteiger partial charge >= 0.3 is 0 Å². The Kier molecular flexibility index (Phi) is 3.70. The Bertz CT molecular complexity index is 690. The third-order valence-electron chi connectivity index (χ3n) is 2.54. The summed E-state index contributed by atoms with van der Waals surface area (Å²) in [6, 6.07) is 0. The van der Waals surface area contributed by atoms with Crippen LogP contribution >= 0.6 is 0 Å². The summed E-state index contributed by atoms with van der Waals surface area (Å²) in [5, 5.41) is 0. The molecule has 5 N–H and O–H groups in total. The zero-order chi connectivity index (χ0) is 13.8. The first-order valence-electron chi connectivity index (χ1n) is 5.43. The minimum absolute atomic E-state index is 0.0709. The fraction of sp³-hybridized carbons (Fsp3) is 0.273. The van der Waals surface area contributed by atoms with E-state index >= 15 is 0 Å². The molecule has 1 unspecified atom stereocenters. The van der Waals surface area contributed by atoms with Crippen LogP contribution in [0.3, 0.4) is 0 Å². The number of anilines is 1. The van der Waals surface area contributed by atoms with Gasteiger partial charge in [-0.1, -0.05) is 0 Å². The van der Waals surface area contributed by atoms with E-state index in [1.807, 2.05) is 0 Å². The van der Waals surface area contributed by atoms with E-state index in [1.165, 1.54) is 6.20 Å². The highest BCUT2D eigenvalue weighted by Crippen LogP contribution is 2.15. The summed E-state index contributed by atoms with van der Waals surface area (Å²) in [6.45, 7) is 0.0896. The normalized spacial score (nSPS) is 12.2. The number of hydrogen-bond acceptors (Lipinski definition) is 7. The third kappa shape index (κ3) is 2.67. The first-order chi connectivity index (χ1) is 9.15. The van der Waals surface area contributed by atoms with Gasteiger partial charge < -0.3 is 15.6 Å². The van der Waals surface area contributed by atoms with Gasteiger partial charge in [-0.25, -0.2) is 15.9 Å². The summed E-state index contributed by atoms with van der Waals surface area (Å²) in [4.78, 5) is 31.0. The lowest BCUT2D eigenvalue weighted by atomic mass is 10.0. The van der Waals surface area contributed by atoms with Crippen molar-refractivity contribution in [3.8, 4) is 12.3 Å². The van der Waals surface area contributed by atoms with Gasteiger partial charge in [0.1, 0.15) is 11.2 Å². The van der Waals surface area contributed by atoms with E-state index < -0.39 is 5.92 Å². The molecule has 2 heterocycles. The van der Waals surface area contributed by atoms with E-state index in [4.69, 9.17) is 18.1 Å². The quantitative estimate of drug-likeness (QED) is 0.488. The van der Waals surface area contributed by atoms with Crippen LogP contribution in [0.5, 0.6) is 0 Å². The Morgan fingerprint density at radius 2 is 2.32 bits per heavy atom. The maximum atomic E-state index is 11.9. The van der Waals surface area contributed by atoms with Crippen molar-refractivity contribution in [2.45, 2.75) is 12.3 Å². The Hall–Kier alpha value is -2.50. The van der Waals surface area contributed by atoms with Gasteiger partial charge in [-0.3, -0.25) is 4.79 Å². The largest absolute Gasteiger partial charge is 0.368 e. The Labute approximate surface area is 108 Å². The molecule has 2 aromatic rings. The number of nitrogen functional groups attached to an aromatic ring is 1. The molecule has 8 nitrogen and oxygen atoms in total. The van der Waals surface area contributed by atoms with Crippen LogP contribution in [0.25, 0.3) is 11.2 Å². The molecule has 0 spiro atoms. The van der Waals surface area contributed by atoms with Crippen LogP contribution in [0.4, 0.5) is 5.95 Å². The average molecular weight is 260 g/mol. The maximum absolute atomic E-state index is 11.9. The SMILES string of the molecule is C#CCC(CON)c1nc2nc(N)ncc2[nH]c1=O. The minimum atomic E-state index is -0.403. The average Bonchev–Trinajstić information content (AvgIpc) is 2.38. The van der Waals surface area contributed by atoms with E-state index in [-0.39, 0.29) is 30.2 Å². The fourth-order valence-corrected chi connectivity index (χ4v) is 1.68. The zero-order valence-corrected chi connectivity index (χ0v) is 9.96. The molecule has 0 aliphatic rings. The summed E-state index contributed by atoms with van der Waals surface area (Å²) in [5.41, 5.74) is 6.01. The number of aromatic nitrogens is 4. The molecule has 0 fully saturated rings. The van der Waals surface area contributed by atoms with Crippen LogP contribution in [0.15, 0.2) is 11.0 Å². The minimum Gasteiger partial charge on any atom is -0.368 e. The topological polar surface area (TPSA) is 133 Å². The van der Waals surface area contributed by atoms with Crippen molar-refractivity contribution in [3.05, 3.63) is 22.2 Å². The molecule has 0 aliphatic carbocycles. The van der Waals surface area contributed by atoms with E-state index in [9.17, 15) is 4.79 Å². The molecular formula is C11H12N6O2. The van der Waals surface area contributed by atoms with Gasteiger partial charge in [0.25, 0.3) is 5.56 Å². The van der Waals surface area contributed by atoms with Crippen molar-refractivity contribution >= 4 is 17.1 Å². The highest BCUT2D eigenvalue weighted by atomic mass is 16.6. The Balaban J connectivity index is 2.55. The lowest BCUT2D eigenvalue weighted by molar-refractivity contribution is 0.122. The fourth-order valence-electron chi connectivity index (χ4n) is 1.68. The summed E-state index contributed by atoms with van der Waals surface area (Å²) in [5.74, 6) is 7.15. The van der Waals surface area contributed by atoms with Crippen molar-refractivity contribution in [1.29, 1.82) is 0 Å². The number of H-pyrrole nitrogens is 1. The first-order valence-corrected chi connectivity index (χ1v) is 5.43. The van der Waals surface area contributed by atoms with E-state index in [1.54, 1.807) is 0 Å². The van der Waals surface area contributed by atoms with Crippen molar-refractivity contribution in [2.24, 2.45) is 5.90 Å². The molecule has 19 heavy (non-hydrogen) atoms. The van der Waals surface area contributed by atoms with Crippen molar-refractivity contribution in [2.75, 3.05) is 12.3 Å². The molecule has 0 amide bonds. The predicted octanol–water partition coefficient (Wildman–Crippen LogP) is -0.708. The van der Waals surface area contributed by atoms with Gasteiger partial charge in [-0.05, 0) is 0 Å². The molecule has 2 aromatic heterocycles. The number of nitrogens with zero attached hydrogens (tertiary/aromatic N) is 3. The predicted molar refractivity (Wildman–Crippen MR) is 68.7 cm³/mol. The van der Waals surface area contributed by atoms with Gasteiger partial charge in [-0.2, -0.15) is 4.98 Å². The molecule has 0 saturated heterocycles. The lowest BCUT2D eigenvalue weighted by Gasteiger charge is -2.11. The van der Waals surface area contributed by atoms with E-state index in [0.717, 1.165) is 0 Å².